The van der Waals surface area contributed by atoms with E-state index >= 15 is 0 Å². The average molecular weight is 608 g/mol. The lowest BCUT2D eigenvalue weighted by Crippen LogP contribution is -2.48. The van der Waals surface area contributed by atoms with E-state index in [0.29, 0.717) is 48.7 Å². The number of allylic oxidation sites excluding steroid dienone is 1. The standard InChI is InChI=1S/C34H33N5O6/c1-43-26-15-9-23(10-16-26)32(40)38-19-17-37(18-20-38)24-11-13-25(14-12-24)39-30(34(42)45-3)29(33(41)44-2)28(27(21-35)31(39)36)22-7-5-4-6-8-22/h4-16,28H,17-20,36H2,1-3H3. The van der Waals surface area contributed by atoms with Gasteiger partial charge in [-0.3, -0.25) is 9.69 Å². The van der Waals surface area contributed by atoms with E-state index in [9.17, 15) is 19.6 Å². The molecule has 0 radical (unpaired) electrons. The summed E-state index contributed by atoms with van der Waals surface area (Å²) >= 11 is 0. The third kappa shape index (κ3) is 5.90. The van der Waals surface area contributed by atoms with E-state index in [-0.39, 0.29) is 28.6 Å². The van der Waals surface area contributed by atoms with Crippen molar-refractivity contribution in [2.45, 2.75) is 5.92 Å². The summed E-state index contributed by atoms with van der Waals surface area (Å²) in [6.07, 6.45) is 0. The highest BCUT2D eigenvalue weighted by molar-refractivity contribution is 6.06. The van der Waals surface area contributed by atoms with E-state index in [2.05, 4.69) is 11.0 Å². The van der Waals surface area contributed by atoms with Crippen LogP contribution in [0.5, 0.6) is 5.75 Å². The molecule has 11 heteroatoms. The maximum Gasteiger partial charge on any atom is 0.355 e. The summed E-state index contributed by atoms with van der Waals surface area (Å²) in [6.45, 7) is 2.31. The molecule has 0 aromatic heterocycles. The van der Waals surface area contributed by atoms with Crippen molar-refractivity contribution in [3.05, 3.63) is 113 Å². The lowest BCUT2D eigenvalue weighted by molar-refractivity contribution is -0.139. The van der Waals surface area contributed by atoms with Crippen molar-refractivity contribution in [1.29, 1.82) is 5.26 Å². The number of hydrogen-bond acceptors (Lipinski definition) is 10. The first-order chi connectivity index (χ1) is 21.8. The highest BCUT2D eigenvalue weighted by Crippen LogP contribution is 2.43. The molecule has 3 aromatic carbocycles. The number of anilines is 2. The van der Waals surface area contributed by atoms with E-state index in [4.69, 9.17) is 19.9 Å². The Hall–Kier alpha value is -5.76. The number of ether oxygens (including phenoxy) is 3. The van der Waals surface area contributed by atoms with Crippen molar-refractivity contribution in [1.82, 2.24) is 4.90 Å². The van der Waals surface area contributed by atoms with Crippen molar-refractivity contribution in [2.75, 3.05) is 57.3 Å². The maximum absolute atomic E-state index is 13.3. The molecule has 1 fully saturated rings. The number of carbonyl (C=O) groups excluding carboxylic acids is 3. The smallest absolute Gasteiger partial charge is 0.355 e. The summed E-state index contributed by atoms with van der Waals surface area (Å²) in [5, 5.41) is 10.2. The minimum atomic E-state index is -0.940. The van der Waals surface area contributed by atoms with Gasteiger partial charge in [0.1, 0.15) is 17.3 Å². The number of esters is 2. The molecule has 11 nitrogen and oxygen atoms in total. The monoisotopic (exact) mass is 607 g/mol. The van der Waals surface area contributed by atoms with Crippen molar-refractivity contribution >= 4 is 29.2 Å². The molecular weight excluding hydrogens is 574 g/mol. The van der Waals surface area contributed by atoms with Gasteiger partial charge in [-0.2, -0.15) is 5.26 Å². The van der Waals surface area contributed by atoms with Crippen LogP contribution in [0.4, 0.5) is 11.4 Å². The van der Waals surface area contributed by atoms with Crippen LogP contribution in [-0.4, -0.2) is 70.3 Å². The van der Waals surface area contributed by atoms with Crippen LogP contribution in [0.2, 0.25) is 0 Å². The second kappa shape index (κ2) is 13.3. The van der Waals surface area contributed by atoms with Gasteiger partial charge in [0.15, 0.2) is 0 Å². The zero-order chi connectivity index (χ0) is 32.1. The summed E-state index contributed by atoms with van der Waals surface area (Å²) in [5.74, 6) is -1.88. The topological polar surface area (TPSA) is 138 Å². The first-order valence-corrected chi connectivity index (χ1v) is 14.3. The molecule has 1 saturated heterocycles. The second-order valence-electron chi connectivity index (χ2n) is 10.4. The fourth-order valence-electron chi connectivity index (χ4n) is 5.68. The molecule has 1 atom stereocenters. The first kappa shape index (κ1) is 30.7. The first-order valence-electron chi connectivity index (χ1n) is 14.3. The average Bonchev–Trinajstić information content (AvgIpc) is 3.10. The predicted molar refractivity (Wildman–Crippen MR) is 167 cm³/mol. The summed E-state index contributed by atoms with van der Waals surface area (Å²) in [5.41, 5.74) is 9.06. The molecule has 2 heterocycles. The Morgan fingerprint density at radius 1 is 0.800 bits per heavy atom. The fraction of sp³-hybridized carbons (Fsp3) is 0.235. The van der Waals surface area contributed by atoms with Crippen molar-refractivity contribution in [2.24, 2.45) is 5.73 Å². The SMILES string of the molecule is COC(=O)C1=C(C(=O)OC)N(c2ccc(N3CCN(C(=O)c4ccc(OC)cc4)CC3)cc2)C(N)=C(C#N)C1c1ccccc1. The van der Waals surface area contributed by atoms with Crippen LogP contribution in [0.1, 0.15) is 21.8 Å². The molecule has 0 bridgehead atoms. The van der Waals surface area contributed by atoms with E-state index in [1.807, 2.05) is 17.0 Å². The summed E-state index contributed by atoms with van der Waals surface area (Å²) in [6, 6.07) is 25.3. The molecule has 0 aliphatic carbocycles. The van der Waals surface area contributed by atoms with Gasteiger partial charge < -0.3 is 29.7 Å². The molecule has 1 unspecified atom stereocenters. The quantitative estimate of drug-likeness (QED) is 0.397. The molecule has 45 heavy (non-hydrogen) atoms. The van der Waals surface area contributed by atoms with E-state index in [0.717, 1.165) is 5.69 Å². The number of methoxy groups -OCH3 is 3. The largest absolute Gasteiger partial charge is 0.497 e. The summed E-state index contributed by atoms with van der Waals surface area (Å²) < 4.78 is 15.4. The van der Waals surface area contributed by atoms with Crippen LogP contribution < -0.4 is 20.3 Å². The van der Waals surface area contributed by atoms with Crippen LogP contribution in [0.3, 0.4) is 0 Å². The number of piperazine rings is 1. The van der Waals surface area contributed by atoms with Gasteiger partial charge in [0.05, 0.1) is 44.5 Å². The van der Waals surface area contributed by atoms with Gasteiger partial charge in [0.25, 0.3) is 5.91 Å². The van der Waals surface area contributed by atoms with Gasteiger partial charge in [-0.25, -0.2) is 9.59 Å². The normalized spacial score (nSPS) is 16.7. The van der Waals surface area contributed by atoms with E-state index in [1.54, 1.807) is 73.8 Å². The van der Waals surface area contributed by atoms with Crippen LogP contribution in [0.25, 0.3) is 0 Å². The van der Waals surface area contributed by atoms with Crippen LogP contribution in [0.15, 0.2) is 102 Å². The molecule has 230 valence electrons. The number of nitriles is 1. The Kier molecular flexibility index (Phi) is 9.04. The molecule has 1 amide bonds. The molecule has 0 spiro atoms. The Morgan fingerprint density at radius 3 is 1.96 bits per heavy atom. The van der Waals surface area contributed by atoms with Crippen molar-refractivity contribution in [3.8, 4) is 11.8 Å². The highest BCUT2D eigenvalue weighted by Gasteiger charge is 2.43. The molecule has 5 rings (SSSR count). The maximum atomic E-state index is 13.3. The number of carbonyl (C=O) groups is 3. The number of rotatable bonds is 7. The minimum Gasteiger partial charge on any atom is -0.497 e. The third-order valence-electron chi connectivity index (χ3n) is 7.99. The number of hydrogen-bond donors (Lipinski definition) is 1. The van der Waals surface area contributed by atoms with Gasteiger partial charge in [0.2, 0.25) is 0 Å². The molecular formula is C34H33N5O6. The van der Waals surface area contributed by atoms with E-state index < -0.39 is 17.9 Å². The molecule has 3 aromatic rings. The van der Waals surface area contributed by atoms with Crippen molar-refractivity contribution < 1.29 is 28.6 Å². The molecule has 2 aliphatic heterocycles. The second-order valence-corrected chi connectivity index (χ2v) is 10.4. The summed E-state index contributed by atoms with van der Waals surface area (Å²) in [4.78, 5) is 44.9. The third-order valence-corrected chi connectivity index (χ3v) is 7.99. The Labute approximate surface area is 261 Å². The number of benzene rings is 3. The van der Waals surface area contributed by atoms with Gasteiger partial charge >= 0.3 is 11.9 Å². The van der Waals surface area contributed by atoms with Crippen molar-refractivity contribution in [3.63, 3.8) is 0 Å². The number of nitrogens with zero attached hydrogens (tertiary/aromatic N) is 4. The van der Waals surface area contributed by atoms with Gasteiger partial charge in [-0.05, 0) is 54.1 Å². The highest BCUT2D eigenvalue weighted by atomic mass is 16.5. The Bertz CT molecular complexity index is 1690. The zero-order valence-corrected chi connectivity index (χ0v) is 25.2. The van der Waals surface area contributed by atoms with E-state index in [1.165, 1.54) is 19.1 Å². The lowest BCUT2D eigenvalue weighted by atomic mass is 9.81. The van der Waals surface area contributed by atoms with Gasteiger partial charge in [-0.1, -0.05) is 30.3 Å². The predicted octanol–water partition coefficient (Wildman–Crippen LogP) is 3.56. The Morgan fingerprint density at radius 2 is 1.40 bits per heavy atom. The van der Waals surface area contributed by atoms with Gasteiger partial charge in [0, 0.05) is 43.1 Å². The molecule has 2 aliphatic rings. The summed E-state index contributed by atoms with van der Waals surface area (Å²) in [7, 11) is 4.01. The molecule has 2 N–H and O–H groups in total. The number of nitrogens with two attached hydrogens (primary N) is 1. The fourth-order valence-corrected chi connectivity index (χ4v) is 5.68. The zero-order valence-electron chi connectivity index (χ0n) is 25.2. The molecule has 0 saturated carbocycles. The lowest BCUT2D eigenvalue weighted by Gasteiger charge is -2.37. The van der Waals surface area contributed by atoms with Crippen LogP contribution >= 0.6 is 0 Å². The number of amides is 1. The van der Waals surface area contributed by atoms with Gasteiger partial charge in [-0.15, -0.1) is 0 Å². The van der Waals surface area contributed by atoms with Crippen LogP contribution in [-0.2, 0) is 19.1 Å². The van der Waals surface area contributed by atoms with Crippen LogP contribution in [0, 0.1) is 11.3 Å². The minimum absolute atomic E-state index is 0.00202. The Balaban J connectivity index is 1.43.